The summed E-state index contributed by atoms with van der Waals surface area (Å²) in [7, 11) is 0. The van der Waals surface area contributed by atoms with Crippen LogP contribution in [0.4, 0.5) is 10.1 Å². The van der Waals surface area contributed by atoms with Crippen molar-refractivity contribution in [3.05, 3.63) is 39.7 Å². The quantitative estimate of drug-likeness (QED) is 0.618. The van der Waals surface area contributed by atoms with E-state index in [9.17, 15) is 14.5 Å². The first kappa shape index (κ1) is 11.0. The largest absolute Gasteiger partial charge is 0.327 e. The van der Waals surface area contributed by atoms with Crippen molar-refractivity contribution in [3.8, 4) is 0 Å². The lowest BCUT2D eigenvalue weighted by Crippen LogP contribution is -2.06. The molecule has 86 valence electrons. The fourth-order valence-corrected chi connectivity index (χ4v) is 2.21. The summed E-state index contributed by atoms with van der Waals surface area (Å²) in [4.78, 5) is 10.3. The maximum atomic E-state index is 13.1. The Labute approximate surface area is 92.4 Å². The summed E-state index contributed by atoms with van der Waals surface area (Å²) in [5, 5.41) is 10.8. The minimum Gasteiger partial charge on any atom is -0.327 e. The third-order valence-electron chi connectivity index (χ3n) is 3.43. The van der Waals surface area contributed by atoms with Crippen LogP contribution in [0.5, 0.6) is 0 Å². The van der Waals surface area contributed by atoms with Crippen molar-refractivity contribution < 1.29 is 9.31 Å². The first-order valence-electron chi connectivity index (χ1n) is 5.05. The third kappa shape index (κ3) is 1.48. The molecule has 1 saturated carbocycles. The lowest BCUT2D eigenvalue weighted by molar-refractivity contribution is -0.385. The first-order chi connectivity index (χ1) is 7.35. The minimum atomic E-state index is -0.490. The first-order valence-corrected chi connectivity index (χ1v) is 5.05. The van der Waals surface area contributed by atoms with Gasteiger partial charge in [0.25, 0.3) is 5.69 Å². The maximum Gasteiger partial charge on any atom is 0.273 e. The van der Waals surface area contributed by atoms with Crippen LogP contribution in [0, 0.1) is 21.3 Å². The van der Waals surface area contributed by atoms with Crippen molar-refractivity contribution in [2.75, 3.05) is 0 Å². The molecule has 0 spiro atoms. The van der Waals surface area contributed by atoms with E-state index in [1.807, 2.05) is 13.8 Å². The third-order valence-corrected chi connectivity index (χ3v) is 3.43. The summed E-state index contributed by atoms with van der Waals surface area (Å²) in [5.74, 6) is -0.598. The second-order valence-electron chi connectivity index (χ2n) is 4.79. The Hall–Kier alpha value is -1.49. The molecule has 0 unspecified atom stereocenters. The topological polar surface area (TPSA) is 69.2 Å². The molecule has 0 saturated heterocycles. The summed E-state index contributed by atoms with van der Waals surface area (Å²) < 4.78 is 13.1. The van der Waals surface area contributed by atoms with Crippen molar-refractivity contribution in [2.45, 2.75) is 25.8 Å². The Kier molecular flexibility index (Phi) is 2.24. The molecule has 1 aromatic carbocycles. The highest BCUT2D eigenvalue weighted by atomic mass is 19.1. The average molecular weight is 224 g/mol. The summed E-state index contributed by atoms with van der Waals surface area (Å²) in [6, 6.07) is 3.37. The lowest BCUT2D eigenvalue weighted by atomic mass is 10.0. The normalized spacial score (nSPS) is 26.5. The van der Waals surface area contributed by atoms with Crippen molar-refractivity contribution in [1.29, 1.82) is 0 Å². The molecular formula is C11H13FN2O2. The molecule has 2 atom stereocenters. The molecule has 0 radical (unpaired) electrons. The Morgan fingerprint density at radius 2 is 2.06 bits per heavy atom. The van der Waals surface area contributed by atoms with Crippen LogP contribution in [0.2, 0.25) is 0 Å². The van der Waals surface area contributed by atoms with E-state index in [0.717, 1.165) is 6.07 Å². The van der Waals surface area contributed by atoms with Gasteiger partial charge in [-0.25, -0.2) is 4.39 Å². The number of nitro benzene ring substituents is 1. The monoisotopic (exact) mass is 224 g/mol. The van der Waals surface area contributed by atoms with Crippen LogP contribution in [0.3, 0.4) is 0 Å². The van der Waals surface area contributed by atoms with Gasteiger partial charge in [0, 0.05) is 23.6 Å². The van der Waals surface area contributed by atoms with Gasteiger partial charge in [-0.1, -0.05) is 13.8 Å². The van der Waals surface area contributed by atoms with E-state index in [4.69, 9.17) is 5.73 Å². The van der Waals surface area contributed by atoms with Crippen molar-refractivity contribution in [3.63, 3.8) is 0 Å². The molecule has 1 aromatic rings. The molecule has 0 amide bonds. The molecule has 4 nitrogen and oxygen atoms in total. The van der Waals surface area contributed by atoms with Gasteiger partial charge in [-0.05, 0) is 17.5 Å². The van der Waals surface area contributed by atoms with Gasteiger partial charge in [-0.3, -0.25) is 10.1 Å². The van der Waals surface area contributed by atoms with Gasteiger partial charge in [0.15, 0.2) is 0 Å². The summed E-state index contributed by atoms with van der Waals surface area (Å²) in [6.07, 6.45) is 0. The van der Waals surface area contributed by atoms with E-state index < -0.39 is 10.7 Å². The molecule has 0 heterocycles. The van der Waals surface area contributed by atoms with Crippen molar-refractivity contribution >= 4 is 5.69 Å². The lowest BCUT2D eigenvalue weighted by Gasteiger charge is -2.04. The molecule has 1 aliphatic rings. The maximum absolute atomic E-state index is 13.1. The number of nitrogens with zero attached hydrogens (tertiary/aromatic N) is 1. The average Bonchev–Trinajstić information content (AvgIpc) is 2.65. The number of halogens is 1. The second-order valence-corrected chi connectivity index (χ2v) is 4.79. The van der Waals surface area contributed by atoms with Gasteiger partial charge in [0.1, 0.15) is 5.82 Å². The predicted molar refractivity (Wildman–Crippen MR) is 57.6 cm³/mol. The highest BCUT2D eigenvalue weighted by molar-refractivity contribution is 5.48. The van der Waals surface area contributed by atoms with Gasteiger partial charge in [-0.2, -0.15) is 0 Å². The highest BCUT2D eigenvalue weighted by Crippen LogP contribution is 2.59. The van der Waals surface area contributed by atoms with Gasteiger partial charge in [0.05, 0.1) is 4.92 Å². The number of rotatable bonds is 2. The Morgan fingerprint density at radius 3 is 2.50 bits per heavy atom. The predicted octanol–water partition coefficient (Wildman–Crippen LogP) is 2.18. The fourth-order valence-electron chi connectivity index (χ4n) is 2.21. The van der Waals surface area contributed by atoms with Gasteiger partial charge >= 0.3 is 0 Å². The van der Waals surface area contributed by atoms with Crippen LogP contribution >= 0.6 is 0 Å². The van der Waals surface area contributed by atoms with Crippen LogP contribution in [-0.4, -0.2) is 11.0 Å². The summed E-state index contributed by atoms with van der Waals surface area (Å²) in [6.45, 7) is 3.86. The van der Waals surface area contributed by atoms with E-state index in [0.29, 0.717) is 5.56 Å². The van der Waals surface area contributed by atoms with E-state index >= 15 is 0 Å². The van der Waals surface area contributed by atoms with Gasteiger partial charge in [-0.15, -0.1) is 0 Å². The molecule has 0 aliphatic heterocycles. The van der Waals surface area contributed by atoms with E-state index in [-0.39, 0.29) is 23.1 Å². The van der Waals surface area contributed by atoms with Crippen LogP contribution in [0.1, 0.15) is 25.3 Å². The van der Waals surface area contributed by atoms with Gasteiger partial charge < -0.3 is 5.73 Å². The van der Waals surface area contributed by atoms with Crippen LogP contribution < -0.4 is 5.73 Å². The molecule has 0 bridgehead atoms. The van der Waals surface area contributed by atoms with E-state index in [1.165, 1.54) is 12.1 Å². The summed E-state index contributed by atoms with van der Waals surface area (Å²) >= 11 is 0. The van der Waals surface area contributed by atoms with Crippen LogP contribution in [-0.2, 0) is 0 Å². The van der Waals surface area contributed by atoms with Crippen LogP contribution in [0.25, 0.3) is 0 Å². The van der Waals surface area contributed by atoms with E-state index in [1.54, 1.807) is 0 Å². The van der Waals surface area contributed by atoms with Crippen molar-refractivity contribution in [2.24, 2.45) is 11.1 Å². The second kappa shape index (κ2) is 3.25. The Balaban J connectivity index is 2.48. The summed E-state index contributed by atoms with van der Waals surface area (Å²) in [5.41, 5.74) is 6.01. The fraction of sp³-hybridized carbons (Fsp3) is 0.455. The molecule has 1 fully saturated rings. The Bertz CT molecular complexity index is 459. The number of benzene rings is 1. The molecule has 1 aliphatic carbocycles. The highest BCUT2D eigenvalue weighted by Gasteiger charge is 2.58. The molecule has 2 rings (SSSR count). The number of nitrogens with two attached hydrogens (primary N) is 1. The molecule has 5 heteroatoms. The van der Waals surface area contributed by atoms with Crippen molar-refractivity contribution in [1.82, 2.24) is 0 Å². The van der Waals surface area contributed by atoms with Gasteiger partial charge in [0.2, 0.25) is 0 Å². The van der Waals surface area contributed by atoms with E-state index in [2.05, 4.69) is 0 Å². The smallest absolute Gasteiger partial charge is 0.273 e. The zero-order chi connectivity index (χ0) is 12.1. The SMILES string of the molecule is CC1(C)[C@H](N)[C@H]1c1cc(F)ccc1[N+](=O)[O-]. The minimum absolute atomic E-state index is 0.0487. The Morgan fingerprint density at radius 1 is 1.50 bits per heavy atom. The van der Waals surface area contributed by atoms with Crippen LogP contribution in [0.15, 0.2) is 18.2 Å². The number of hydrogen-bond donors (Lipinski definition) is 1. The molecule has 2 N–H and O–H groups in total. The standard InChI is InChI=1S/C11H13FN2O2/c1-11(2)9(10(11)13)7-5-6(12)3-4-8(7)14(15)16/h3-5,9-10H,13H2,1-2H3/t9-,10-/m1/s1. The zero-order valence-corrected chi connectivity index (χ0v) is 9.11. The molecule has 16 heavy (non-hydrogen) atoms. The number of nitro groups is 1. The zero-order valence-electron chi connectivity index (χ0n) is 9.11. The number of hydrogen-bond acceptors (Lipinski definition) is 3. The molecule has 0 aromatic heterocycles. The molecular weight excluding hydrogens is 211 g/mol.